The molecule has 0 aromatic heterocycles. The molecule has 5 nitrogen and oxygen atoms in total. The summed E-state index contributed by atoms with van der Waals surface area (Å²) in [6, 6.07) is 5.55. The standard InChI is InChI=1S/C18H31N3O2/c1-5-23-17-11-15(9-10-16(17)22)12-20-18(19)21-14(4)8-6-7-13(2)3/h9-11,13-14,22H,5-8,12H2,1-4H3,(H3,19,20,21). The number of guanidine groups is 1. The predicted octanol–water partition coefficient (Wildman–Crippen LogP) is 3.41. The molecule has 4 N–H and O–H groups in total. The molecule has 0 amide bonds. The zero-order valence-electron chi connectivity index (χ0n) is 14.8. The van der Waals surface area contributed by atoms with Crippen LogP contribution in [0, 0.1) is 5.92 Å². The summed E-state index contributed by atoms with van der Waals surface area (Å²) in [6.07, 6.45) is 3.51. The first kappa shape index (κ1) is 19.1. The zero-order chi connectivity index (χ0) is 17.2. The van der Waals surface area contributed by atoms with Crippen molar-refractivity contribution in [1.82, 2.24) is 5.32 Å². The fraction of sp³-hybridized carbons (Fsp3) is 0.611. The van der Waals surface area contributed by atoms with Gasteiger partial charge in [0.1, 0.15) is 0 Å². The lowest BCUT2D eigenvalue weighted by Crippen LogP contribution is -2.38. The number of nitrogens with zero attached hydrogens (tertiary/aromatic N) is 1. The van der Waals surface area contributed by atoms with E-state index in [1.54, 1.807) is 12.1 Å². The Balaban J connectivity index is 2.48. The summed E-state index contributed by atoms with van der Waals surface area (Å²) >= 11 is 0. The lowest BCUT2D eigenvalue weighted by Gasteiger charge is -2.15. The summed E-state index contributed by atoms with van der Waals surface area (Å²) in [5.74, 6) is 1.81. The van der Waals surface area contributed by atoms with Crippen LogP contribution in [-0.4, -0.2) is 23.7 Å². The minimum Gasteiger partial charge on any atom is -0.504 e. The Hall–Kier alpha value is -1.91. The molecule has 1 aromatic rings. The monoisotopic (exact) mass is 321 g/mol. The van der Waals surface area contributed by atoms with Crippen LogP contribution < -0.4 is 15.8 Å². The molecule has 5 heteroatoms. The number of phenols is 1. The second-order valence-corrected chi connectivity index (χ2v) is 6.31. The van der Waals surface area contributed by atoms with E-state index < -0.39 is 0 Å². The Labute approximate surface area is 140 Å². The molecule has 0 radical (unpaired) electrons. The molecule has 0 aliphatic carbocycles. The van der Waals surface area contributed by atoms with Gasteiger partial charge in [0.25, 0.3) is 0 Å². The van der Waals surface area contributed by atoms with Gasteiger partial charge >= 0.3 is 0 Å². The molecule has 0 spiro atoms. The number of phenolic OH excluding ortho intramolecular Hbond substituents is 1. The molecule has 0 saturated heterocycles. The largest absolute Gasteiger partial charge is 0.504 e. The lowest BCUT2D eigenvalue weighted by atomic mass is 10.0. The summed E-state index contributed by atoms with van der Waals surface area (Å²) in [5, 5.41) is 12.9. The SMILES string of the molecule is CCOc1cc(CN=C(N)NC(C)CCCC(C)C)ccc1O. The van der Waals surface area contributed by atoms with Gasteiger partial charge < -0.3 is 20.9 Å². The Morgan fingerprint density at radius 3 is 2.70 bits per heavy atom. The van der Waals surface area contributed by atoms with E-state index >= 15 is 0 Å². The maximum absolute atomic E-state index is 9.69. The second kappa shape index (κ2) is 9.98. The van der Waals surface area contributed by atoms with Crippen LogP contribution in [0.4, 0.5) is 0 Å². The molecular weight excluding hydrogens is 290 g/mol. The Bertz CT molecular complexity index is 501. The number of aromatic hydroxyl groups is 1. The third-order valence-corrected chi connectivity index (χ3v) is 3.57. The van der Waals surface area contributed by atoms with Crippen molar-refractivity contribution in [3.63, 3.8) is 0 Å². The molecule has 1 unspecified atom stereocenters. The van der Waals surface area contributed by atoms with E-state index in [-0.39, 0.29) is 5.75 Å². The van der Waals surface area contributed by atoms with E-state index in [1.807, 2.05) is 13.0 Å². The first-order chi connectivity index (χ1) is 10.9. The van der Waals surface area contributed by atoms with Gasteiger partial charge in [-0.3, -0.25) is 0 Å². The first-order valence-electron chi connectivity index (χ1n) is 8.43. The summed E-state index contributed by atoms with van der Waals surface area (Å²) in [7, 11) is 0. The molecule has 0 heterocycles. The molecule has 0 bridgehead atoms. The highest BCUT2D eigenvalue weighted by molar-refractivity contribution is 5.78. The number of hydrogen-bond acceptors (Lipinski definition) is 3. The van der Waals surface area contributed by atoms with Crippen molar-refractivity contribution in [1.29, 1.82) is 0 Å². The predicted molar refractivity (Wildman–Crippen MR) is 95.9 cm³/mol. The molecule has 23 heavy (non-hydrogen) atoms. The fourth-order valence-corrected chi connectivity index (χ4v) is 2.31. The van der Waals surface area contributed by atoms with Crippen LogP contribution >= 0.6 is 0 Å². The van der Waals surface area contributed by atoms with E-state index in [1.165, 1.54) is 12.8 Å². The molecule has 0 saturated carbocycles. The number of nitrogens with one attached hydrogen (secondary N) is 1. The summed E-state index contributed by atoms with van der Waals surface area (Å²) in [5.41, 5.74) is 6.89. The van der Waals surface area contributed by atoms with E-state index in [0.717, 1.165) is 17.9 Å². The van der Waals surface area contributed by atoms with Crippen LogP contribution in [0.5, 0.6) is 11.5 Å². The molecule has 1 atom stereocenters. The number of hydrogen-bond donors (Lipinski definition) is 3. The third kappa shape index (κ3) is 7.77. The number of ether oxygens (including phenoxy) is 1. The first-order valence-corrected chi connectivity index (χ1v) is 8.43. The minimum atomic E-state index is 0.143. The highest BCUT2D eigenvalue weighted by Crippen LogP contribution is 2.27. The molecule has 0 fully saturated rings. The van der Waals surface area contributed by atoms with Crippen molar-refractivity contribution in [2.45, 2.75) is 59.5 Å². The highest BCUT2D eigenvalue weighted by Gasteiger charge is 2.05. The summed E-state index contributed by atoms with van der Waals surface area (Å²) in [4.78, 5) is 4.35. The zero-order valence-corrected chi connectivity index (χ0v) is 14.8. The third-order valence-electron chi connectivity index (χ3n) is 3.57. The lowest BCUT2D eigenvalue weighted by molar-refractivity contribution is 0.318. The second-order valence-electron chi connectivity index (χ2n) is 6.31. The van der Waals surface area contributed by atoms with Crippen molar-refractivity contribution in [3.05, 3.63) is 23.8 Å². The normalized spacial score (nSPS) is 13.2. The number of rotatable bonds is 9. The van der Waals surface area contributed by atoms with Gasteiger partial charge in [0.2, 0.25) is 0 Å². The van der Waals surface area contributed by atoms with Gasteiger partial charge in [-0.05, 0) is 43.9 Å². The van der Waals surface area contributed by atoms with E-state index in [0.29, 0.717) is 30.9 Å². The molecule has 1 rings (SSSR count). The van der Waals surface area contributed by atoms with Gasteiger partial charge in [0, 0.05) is 6.04 Å². The smallest absolute Gasteiger partial charge is 0.189 e. The Morgan fingerprint density at radius 2 is 2.04 bits per heavy atom. The topological polar surface area (TPSA) is 79.9 Å². The maximum Gasteiger partial charge on any atom is 0.189 e. The molecule has 130 valence electrons. The summed E-state index contributed by atoms with van der Waals surface area (Å²) < 4.78 is 5.37. The van der Waals surface area contributed by atoms with Crippen LogP contribution in [-0.2, 0) is 6.54 Å². The van der Waals surface area contributed by atoms with Crippen LogP contribution in [0.15, 0.2) is 23.2 Å². The van der Waals surface area contributed by atoms with Crippen molar-refractivity contribution in [2.75, 3.05) is 6.61 Å². The molecule has 0 aliphatic heterocycles. The van der Waals surface area contributed by atoms with Crippen LogP contribution in [0.25, 0.3) is 0 Å². The van der Waals surface area contributed by atoms with Gasteiger partial charge in [0.15, 0.2) is 17.5 Å². The van der Waals surface area contributed by atoms with Gasteiger partial charge in [-0.25, -0.2) is 4.99 Å². The van der Waals surface area contributed by atoms with Crippen molar-refractivity contribution >= 4 is 5.96 Å². The molecule has 0 aliphatic rings. The van der Waals surface area contributed by atoms with E-state index in [2.05, 4.69) is 31.1 Å². The van der Waals surface area contributed by atoms with Crippen LogP contribution in [0.1, 0.15) is 52.5 Å². The minimum absolute atomic E-state index is 0.143. The van der Waals surface area contributed by atoms with Crippen molar-refractivity contribution in [3.8, 4) is 11.5 Å². The average molecular weight is 321 g/mol. The number of nitrogens with two attached hydrogens (primary N) is 1. The van der Waals surface area contributed by atoms with E-state index in [9.17, 15) is 5.11 Å². The summed E-state index contributed by atoms with van der Waals surface area (Å²) in [6.45, 7) is 9.45. The van der Waals surface area contributed by atoms with Crippen LogP contribution in [0.3, 0.4) is 0 Å². The van der Waals surface area contributed by atoms with Gasteiger partial charge in [-0.15, -0.1) is 0 Å². The Morgan fingerprint density at radius 1 is 1.30 bits per heavy atom. The Kier molecular flexibility index (Phi) is 8.30. The maximum atomic E-state index is 9.69. The van der Waals surface area contributed by atoms with Crippen LogP contribution in [0.2, 0.25) is 0 Å². The number of benzene rings is 1. The van der Waals surface area contributed by atoms with Crippen molar-refractivity contribution in [2.24, 2.45) is 16.6 Å². The van der Waals surface area contributed by atoms with E-state index in [4.69, 9.17) is 10.5 Å². The van der Waals surface area contributed by atoms with Crippen molar-refractivity contribution < 1.29 is 9.84 Å². The van der Waals surface area contributed by atoms with Gasteiger partial charge in [-0.1, -0.05) is 32.8 Å². The fourth-order valence-electron chi connectivity index (χ4n) is 2.31. The quantitative estimate of drug-likeness (QED) is 0.481. The molecular formula is C18H31N3O2. The van der Waals surface area contributed by atoms with Gasteiger partial charge in [0.05, 0.1) is 13.2 Å². The van der Waals surface area contributed by atoms with Gasteiger partial charge in [-0.2, -0.15) is 0 Å². The average Bonchev–Trinajstić information content (AvgIpc) is 2.48. The number of aliphatic imine (C=N–C) groups is 1. The highest BCUT2D eigenvalue weighted by atomic mass is 16.5. The molecule has 1 aromatic carbocycles.